The lowest BCUT2D eigenvalue weighted by Gasteiger charge is -2.61. The average Bonchev–Trinajstić information content (AvgIpc) is 3.17. The van der Waals surface area contributed by atoms with Crippen molar-refractivity contribution in [2.45, 2.75) is 68.5 Å². The molecular weight excluding hydrogens is 486 g/mol. The molecular formula is C26H29NO10. The average molecular weight is 516 g/mol. The van der Waals surface area contributed by atoms with Gasteiger partial charge in [0.15, 0.2) is 17.6 Å². The number of carbonyl (C=O) groups excluding carboxylic acids is 2. The fourth-order valence-corrected chi connectivity index (χ4v) is 6.48. The van der Waals surface area contributed by atoms with Gasteiger partial charge >= 0.3 is 17.9 Å². The largest absolute Gasteiger partial charge is 0.504 e. The first kappa shape index (κ1) is 25.1. The number of carboxylic acids is 1. The summed E-state index contributed by atoms with van der Waals surface area (Å²) >= 11 is 0. The van der Waals surface area contributed by atoms with Crippen molar-refractivity contribution in [2.24, 2.45) is 0 Å². The topological polar surface area (TPSA) is 152 Å². The summed E-state index contributed by atoms with van der Waals surface area (Å²) in [6.07, 6.45) is -2.12. The third kappa shape index (κ3) is 3.51. The van der Waals surface area contributed by atoms with Gasteiger partial charge in [-0.1, -0.05) is 12.6 Å². The molecule has 1 saturated heterocycles. The smallest absolute Gasteiger partial charge is 0.357 e. The Morgan fingerprint density at radius 3 is 2.59 bits per heavy atom. The van der Waals surface area contributed by atoms with Gasteiger partial charge in [-0.15, -0.1) is 0 Å². The van der Waals surface area contributed by atoms with Gasteiger partial charge in [0.25, 0.3) is 0 Å². The Balaban J connectivity index is 1.55. The van der Waals surface area contributed by atoms with Gasteiger partial charge in [0.1, 0.15) is 5.76 Å². The van der Waals surface area contributed by atoms with Crippen LogP contribution in [0.15, 0.2) is 36.3 Å². The molecule has 2 aliphatic carbocycles. The van der Waals surface area contributed by atoms with Crippen LogP contribution in [0.4, 0.5) is 0 Å². The Morgan fingerprint density at radius 1 is 1.22 bits per heavy atom. The number of hydrogen-bond donors (Lipinski definition) is 3. The van der Waals surface area contributed by atoms with Crippen molar-refractivity contribution in [1.82, 2.24) is 4.90 Å². The number of likely N-dealkylation sites (tertiary alicyclic amines) is 1. The quantitative estimate of drug-likeness (QED) is 0.354. The van der Waals surface area contributed by atoms with E-state index in [2.05, 4.69) is 11.5 Å². The van der Waals surface area contributed by atoms with E-state index in [9.17, 15) is 29.7 Å². The fourth-order valence-electron chi connectivity index (χ4n) is 6.48. The number of carboxylic acid groups (broad SMARTS) is 1. The molecule has 1 aromatic carbocycles. The lowest BCUT2D eigenvalue weighted by Crippen LogP contribution is -2.74. The molecule has 6 atom stereocenters. The van der Waals surface area contributed by atoms with Gasteiger partial charge in [-0.05, 0) is 51.1 Å². The number of carbonyl (C=O) groups is 3. The van der Waals surface area contributed by atoms with Crippen molar-refractivity contribution in [3.05, 3.63) is 47.4 Å². The molecule has 1 aromatic rings. The second-order valence-corrected chi connectivity index (χ2v) is 10.1. The Kier molecular flexibility index (Phi) is 5.76. The number of allylic oxidation sites excluding steroid dienone is 1. The molecule has 2 bridgehead atoms. The molecule has 1 spiro atoms. The molecule has 11 heteroatoms. The Bertz CT molecular complexity index is 1240. The first-order valence-electron chi connectivity index (χ1n) is 12.0. The van der Waals surface area contributed by atoms with E-state index in [1.165, 1.54) is 6.92 Å². The zero-order chi connectivity index (χ0) is 26.9. The number of ether oxygens (including phenoxy) is 4. The number of hydrogen-bond acceptors (Lipinski definition) is 10. The number of rotatable bonds is 7. The summed E-state index contributed by atoms with van der Waals surface area (Å²) in [5, 5.41) is 32.4. The molecule has 2 aliphatic heterocycles. The number of aliphatic hydroxyl groups is 1. The molecule has 3 N–H and O–H groups in total. The summed E-state index contributed by atoms with van der Waals surface area (Å²) in [7, 11) is 1.95. The zero-order valence-electron chi connectivity index (χ0n) is 20.7. The van der Waals surface area contributed by atoms with Gasteiger partial charge in [0, 0.05) is 24.9 Å². The number of nitrogens with zero attached hydrogens (tertiary/aromatic N) is 1. The lowest BCUT2D eigenvalue weighted by atomic mass is 9.50. The van der Waals surface area contributed by atoms with Crippen LogP contribution in [0.2, 0.25) is 0 Å². The van der Waals surface area contributed by atoms with E-state index >= 15 is 0 Å². The molecule has 0 radical (unpaired) electrons. The standard InChI is InChI=1S/C26H29NO10/c1-12(2)34-20(23(30)31)21(35-13(3)28)24(32)36-16-7-8-26(33)17-11-14-5-6-15(29)19-18(14)25(26,22(16)37-19)9-10-27(17)4/h5-7,17,20-22,29,33H,1,8-11H2,2-4H3,(H,30,31)/t17-,20+,21+,22+,25+,26-/m1/s1. The van der Waals surface area contributed by atoms with E-state index in [0.29, 0.717) is 24.9 Å². The minimum atomic E-state index is -1.93. The van der Waals surface area contributed by atoms with Gasteiger partial charge in [-0.25, -0.2) is 9.59 Å². The Morgan fingerprint density at radius 2 is 1.95 bits per heavy atom. The highest BCUT2D eigenvalue weighted by atomic mass is 16.6. The third-order valence-corrected chi connectivity index (χ3v) is 7.94. The van der Waals surface area contributed by atoms with Crippen molar-refractivity contribution in [3.8, 4) is 11.5 Å². The predicted octanol–water partition coefficient (Wildman–Crippen LogP) is 1.15. The number of piperidine rings is 1. The highest BCUT2D eigenvalue weighted by molar-refractivity contribution is 5.87. The molecule has 1 fully saturated rings. The van der Waals surface area contributed by atoms with E-state index in [-0.39, 0.29) is 35.5 Å². The highest BCUT2D eigenvalue weighted by Crippen LogP contribution is 2.65. The first-order valence-corrected chi connectivity index (χ1v) is 12.0. The molecule has 0 amide bonds. The van der Waals surface area contributed by atoms with Crippen molar-refractivity contribution in [1.29, 1.82) is 0 Å². The van der Waals surface area contributed by atoms with E-state index in [0.717, 1.165) is 12.5 Å². The number of phenols is 1. The molecule has 198 valence electrons. The van der Waals surface area contributed by atoms with Crippen LogP contribution in [0.1, 0.15) is 37.8 Å². The van der Waals surface area contributed by atoms with E-state index in [4.69, 9.17) is 18.9 Å². The Labute approximate surface area is 212 Å². The van der Waals surface area contributed by atoms with Crippen LogP contribution in [0, 0.1) is 0 Å². The molecule has 37 heavy (non-hydrogen) atoms. The maximum atomic E-state index is 13.3. The molecule has 4 aliphatic rings. The monoisotopic (exact) mass is 515 g/mol. The first-order chi connectivity index (χ1) is 17.4. The van der Waals surface area contributed by atoms with Gasteiger partial charge in [0.2, 0.25) is 12.2 Å². The van der Waals surface area contributed by atoms with Crippen LogP contribution in [0.3, 0.4) is 0 Å². The highest BCUT2D eigenvalue weighted by Gasteiger charge is 2.72. The van der Waals surface area contributed by atoms with Crippen LogP contribution in [0.25, 0.3) is 0 Å². The lowest BCUT2D eigenvalue weighted by molar-refractivity contribution is -0.185. The van der Waals surface area contributed by atoms with Gasteiger partial charge in [0.05, 0.1) is 16.8 Å². The van der Waals surface area contributed by atoms with E-state index in [1.807, 2.05) is 13.1 Å². The summed E-state index contributed by atoms with van der Waals surface area (Å²) in [6.45, 7) is 6.55. The summed E-state index contributed by atoms with van der Waals surface area (Å²) < 4.78 is 22.1. The van der Waals surface area contributed by atoms with Crippen LogP contribution in [0.5, 0.6) is 11.5 Å². The second-order valence-electron chi connectivity index (χ2n) is 10.1. The molecule has 0 unspecified atom stereocenters. The van der Waals surface area contributed by atoms with Gasteiger partial charge in [-0.2, -0.15) is 0 Å². The van der Waals surface area contributed by atoms with E-state index < -0.39 is 47.2 Å². The summed E-state index contributed by atoms with van der Waals surface area (Å²) in [4.78, 5) is 39.0. The Hall–Kier alpha value is -3.57. The van der Waals surface area contributed by atoms with Crippen LogP contribution < -0.4 is 4.74 Å². The predicted molar refractivity (Wildman–Crippen MR) is 126 cm³/mol. The summed E-state index contributed by atoms with van der Waals surface area (Å²) in [6, 6.07) is 3.12. The van der Waals surface area contributed by atoms with Crippen LogP contribution in [-0.2, 0) is 40.4 Å². The van der Waals surface area contributed by atoms with Crippen LogP contribution >= 0.6 is 0 Å². The van der Waals surface area contributed by atoms with Crippen molar-refractivity contribution >= 4 is 17.9 Å². The van der Waals surface area contributed by atoms with Gasteiger partial charge < -0.3 is 39.2 Å². The summed E-state index contributed by atoms with van der Waals surface area (Å²) in [5.74, 6) is -3.46. The maximum Gasteiger partial charge on any atom is 0.357 e. The number of aromatic hydroxyl groups is 1. The van der Waals surface area contributed by atoms with Gasteiger partial charge in [-0.3, -0.25) is 4.79 Å². The molecule has 5 rings (SSSR count). The fraction of sp³-hybridized carbons (Fsp3) is 0.500. The molecule has 0 aromatic heterocycles. The number of likely N-dealkylation sites (N-methyl/N-ethyl adjacent to an activating group) is 1. The third-order valence-electron chi connectivity index (χ3n) is 7.94. The minimum Gasteiger partial charge on any atom is -0.504 e. The number of phenolic OH excluding ortho intramolecular Hbond substituents is 1. The molecule has 11 nitrogen and oxygen atoms in total. The van der Waals surface area contributed by atoms with Crippen molar-refractivity contribution in [2.75, 3.05) is 13.6 Å². The SMILES string of the molecule is C=C(C)O[C@H](C(=O)O)[C@H](OC(C)=O)C(=O)OC1=CC[C@@]2(O)[C@H]3Cc4ccc(O)c5c4[C@@]2(CCN3C)[C@H]1O5. The molecule has 2 heterocycles. The second kappa shape index (κ2) is 8.49. The minimum absolute atomic E-state index is 0.00431. The zero-order valence-corrected chi connectivity index (χ0v) is 20.7. The number of aliphatic carboxylic acids is 1. The number of esters is 2. The normalized spacial score (nSPS) is 30.6. The van der Waals surface area contributed by atoms with Crippen molar-refractivity contribution < 1.29 is 48.7 Å². The molecule has 0 saturated carbocycles. The van der Waals surface area contributed by atoms with Crippen LogP contribution in [-0.4, -0.2) is 81.7 Å². The number of benzene rings is 1. The van der Waals surface area contributed by atoms with Crippen molar-refractivity contribution in [3.63, 3.8) is 0 Å². The van der Waals surface area contributed by atoms with E-state index in [1.54, 1.807) is 12.1 Å². The summed E-state index contributed by atoms with van der Waals surface area (Å²) in [5.41, 5.74) is -0.638. The maximum absolute atomic E-state index is 13.3.